The molecule has 0 radical (unpaired) electrons. The highest BCUT2D eigenvalue weighted by atomic mass is 33.1. The van der Waals surface area contributed by atoms with Crippen molar-refractivity contribution >= 4 is 74.8 Å². The zero-order valence-corrected chi connectivity index (χ0v) is 35.8. The predicted molar refractivity (Wildman–Crippen MR) is 213 cm³/mol. The minimum Gasteiger partial charge on any atom is -0.456 e. The molecule has 19 nitrogen and oxygen atoms in total. The molecule has 2 aromatic carbocycles. The Bertz CT molecular complexity index is 1990. The van der Waals surface area contributed by atoms with Gasteiger partial charge in [-0.2, -0.15) is 0 Å². The van der Waals surface area contributed by atoms with E-state index in [2.05, 4.69) is 0 Å². The lowest BCUT2D eigenvalue weighted by atomic mass is 10.1. The van der Waals surface area contributed by atoms with E-state index in [1.807, 2.05) is 34.3 Å². The first-order valence-corrected chi connectivity index (χ1v) is 21.3. The molecule has 0 spiro atoms. The molecule has 2 aliphatic rings. The average molecular weight is 876 g/mol. The minimum atomic E-state index is -0.879. The van der Waals surface area contributed by atoms with E-state index < -0.39 is 58.1 Å². The zero-order chi connectivity index (χ0) is 44.2. The van der Waals surface area contributed by atoms with Gasteiger partial charge in [0.25, 0.3) is 29.3 Å². The van der Waals surface area contributed by atoms with Crippen LogP contribution in [0, 0.1) is 17.0 Å². The van der Waals surface area contributed by atoms with Crippen molar-refractivity contribution in [1.82, 2.24) is 10.1 Å². The summed E-state index contributed by atoms with van der Waals surface area (Å²) in [6.45, 7) is 3.57. The molecule has 0 unspecified atom stereocenters. The van der Waals surface area contributed by atoms with Gasteiger partial charge in [-0.25, -0.2) is 19.2 Å². The Morgan fingerprint density at radius 1 is 0.650 bits per heavy atom. The second-order valence-corrected chi connectivity index (χ2v) is 17.7. The fourth-order valence-corrected chi connectivity index (χ4v) is 7.89. The van der Waals surface area contributed by atoms with Gasteiger partial charge in [0.2, 0.25) is 0 Å². The van der Waals surface area contributed by atoms with Gasteiger partial charge in [0.05, 0.1) is 64.6 Å². The number of ether oxygens (including phenoxy) is 2. The lowest BCUT2D eigenvalue weighted by Gasteiger charge is -2.29. The summed E-state index contributed by atoms with van der Waals surface area (Å²) in [7, 11) is 10.0. The SMILES string of the molecule is Cc1ccc(SSc2ccc([N+](=O)[O-])c(C(=O)OCC[N+](C)(C)CCCC(=O)ON3C(=O)CCC3=O)c2)cc1C(=O)OCC[N+](C)(C)CCCC(=O)ON1C(=O)CCC1=O. The second-order valence-electron chi connectivity index (χ2n) is 15.4. The summed E-state index contributed by atoms with van der Waals surface area (Å²) in [6, 6.07) is 9.37. The second kappa shape index (κ2) is 21.2. The van der Waals surface area contributed by atoms with Crippen LogP contribution in [0.5, 0.6) is 0 Å². The summed E-state index contributed by atoms with van der Waals surface area (Å²) in [5, 5.41) is 12.8. The molecule has 324 valence electrons. The van der Waals surface area contributed by atoms with Crippen molar-refractivity contribution in [3.8, 4) is 0 Å². The van der Waals surface area contributed by atoms with Crippen LogP contribution in [0.1, 0.15) is 77.6 Å². The van der Waals surface area contributed by atoms with E-state index in [0.29, 0.717) is 79.0 Å². The van der Waals surface area contributed by atoms with Gasteiger partial charge in [-0.15, -0.1) is 10.1 Å². The van der Waals surface area contributed by atoms with Crippen molar-refractivity contribution in [3.63, 3.8) is 0 Å². The van der Waals surface area contributed by atoms with E-state index in [1.165, 1.54) is 39.8 Å². The highest BCUT2D eigenvalue weighted by Crippen LogP contribution is 2.39. The summed E-state index contributed by atoms with van der Waals surface area (Å²) in [6.07, 6.45) is 0.789. The molecule has 60 heavy (non-hydrogen) atoms. The number of quaternary nitrogens is 2. The number of hydrogen-bond acceptors (Lipinski definition) is 16. The fourth-order valence-electron chi connectivity index (χ4n) is 5.92. The van der Waals surface area contributed by atoms with Gasteiger partial charge < -0.3 is 28.1 Å². The highest BCUT2D eigenvalue weighted by Gasteiger charge is 2.34. The Morgan fingerprint density at radius 3 is 1.48 bits per heavy atom. The number of hydroxylamine groups is 4. The van der Waals surface area contributed by atoms with Crippen LogP contribution in [0.25, 0.3) is 0 Å². The van der Waals surface area contributed by atoms with Gasteiger partial charge in [-0.1, -0.05) is 27.7 Å². The van der Waals surface area contributed by atoms with Crippen molar-refractivity contribution < 1.29 is 71.4 Å². The molecule has 4 amide bonds. The molecule has 2 fully saturated rings. The number of nitrogens with zero attached hydrogens (tertiary/aromatic N) is 5. The number of esters is 2. The Labute approximate surface area is 354 Å². The maximum atomic E-state index is 13.1. The largest absolute Gasteiger partial charge is 0.456 e. The van der Waals surface area contributed by atoms with Crippen LogP contribution >= 0.6 is 21.6 Å². The summed E-state index contributed by atoms with van der Waals surface area (Å²) in [4.78, 5) is 119. The molecule has 2 heterocycles. The van der Waals surface area contributed by atoms with Gasteiger partial charge >= 0.3 is 23.9 Å². The minimum absolute atomic E-state index is 0.00172. The molecular formula is C39H49N5O14S2+2. The molecule has 4 rings (SSSR count). The third-order valence-electron chi connectivity index (χ3n) is 9.59. The van der Waals surface area contributed by atoms with Crippen LogP contribution in [0.4, 0.5) is 5.69 Å². The summed E-state index contributed by atoms with van der Waals surface area (Å²) >= 11 is 0. The van der Waals surface area contributed by atoms with E-state index >= 15 is 0 Å². The van der Waals surface area contributed by atoms with E-state index in [9.17, 15) is 48.5 Å². The molecular weight excluding hydrogens is 827 g/mol. The van der Waals surface area contributed by atoms with Gasteiger partial charge in [-0.3, -0.25) is 29.3 Å². The molecule has 2 aliphatic heterocycles. The summed E-state index contributed by atoms with van der Waals surface area (Å²) in [5.41, 5.74) is 0.390. The molecule has 0 aromatic heterocycles. The molecule has 0 atom stereocenters. The third-order valence-corrected chi connectivity index (χ3v) is 12.0. The number of amides is 4. The maximum absolute atomic E-state index is 13.1. The van der Waals surface area contributed by atoms with Gasteiger partial charge in [0, 0.05) is 54.4 Å². The molecule has 0 saturated carbocycles. The van der Waals surface area contributed by atoms with Crippen molar-refractivity contribution in [2.45, 2.75) is 68.1 Å². The standard InChI is InChI=1S/C39H49N5O14S2/c1-26-10-11-27(24-29(26)38(51)55-22-20-43(2,3)18-6-8-36(49)57-40-32(45)14-15-33(40)46)59-60-28-12-13-31(42(53)54)30(25-28)39(52)56-23-21-44(4,5)19-7-9-37(50)58-41-34(47)16-17-35(41)48/h10-13,24-25H,6-9,14-23H2,1-5H3/q+2. The number of nitro groups is 1. The molecule has 2 aromatic rings. The highest BCUT2D eigenvalue weighted by molar-refractivity contribution is 8.76. The summed E-state index contributed by atoms with van der Waals surface area (Å²) < 4.78 is 11.8. The van der Waals surface area contributed by atoms with Crippen LogP contribution in [0.3, 0.4) is 0 Å². The normalized spacial score (nSPS) is 14.4. The average Bonchev–Trinajstić information content (AvgIpc) is 3.67. The van der Waals surface area contributed by atoms with Crippen LogP contribution in [0.2, 0.25) is 0 Å². The smallest absolute Gasteiger partial charge is 0.345 e. The first kappa shape index (κ1) is 47.3. The molecule has 0 N–H and O–H groups in total. The topological polar surface area (TPSA) is 223 Å². The maximum Gasteiger partial charge on any atom is 0.345 e. The van der Waals surface area contributed by atoms with Gasteiger partial charge in [0.1, 0.15) is 31.9 Å². The van der Waals surface area contributed by atoms with Crippen LogP contribution in [0.15, 0.2) is 46.2 Å². The number of hydrogen-bond donors (Lipinski definition) is 0. The first-order chi connectivity index (χ1) is 28.2. The van der Waals surface area contributed by atoms with Crippen LogP contribution < -0.4 is 0 Å². The lowest BCUT2D eigenvalue weighted by molar-refractivity contribution is -0.890. The van der Waals surface area contributed by atoms with Gasteiger partial charge in [0.15, 0.2) is 0 Å². The molecule has 0 bridgehead atoms. The third kappa shape index (κ3) is 14.1. The van der Waals surface area contributed by atoms with Crippen molar-refractivity contribution in [2.24, 2.45) is 0 Å². The number of carbonyl (C=O) groups is 8. The summed E-state index contributed by atoms with van der Waals surface area (Å²) in [5.74, 6) is -4.98. The number of carbonyl (C=O) groups excluding carboxylic acids is 8. The van der Waals surface area contributed by atoms with Crippen molar-refractivity contribution in [2.75, 3.05) is 67.6 Å². The Balaban J connectivity index is 1.23. The zero-order valence-electron chi connectivity index (χ0n) is 34.1. The Morgan fingerprint density at radius 2 is 1.05 bits per heavy atom. The predicted octanol–water partition coefficient (Wildman–Crippen LogP) is 3.94. The number of imide groups is 2. The monoisotopic (exact) mass is 875 g/mol. The molecule has 0 aliphatic carbocycles. The van der Waals surface area contributed by atoms with Crippen molar-refractivity contribution in [1.29, 1.82) is 0 Å². The molecule has 2 saturated heterocycles. The number of aryl methyl sites for hydroxylation is 1. The first-order valence-electron chi connectivity index (χ1n) is 19.1. The number of benzene rings is 2. The van der Waals surface area contributed by atoms with Crippen LogP contribution in [-0.2, 0) is 47.9 Å². The number of rotatable bonds is 22. The van der Waals surface area contributed by atoms with E-state index in [4.69, 9.17) is 19.1 Å². The number of nitro benzene ring substituents is 1. The van der Waals surface area contributed by atoms with E-state index in [1.54, 1.807) is 19.1 Å². The lowest BCUT2D eigenvalue weighted by Crippen LogP contribution is -2.43. The van der Waals surface area contributed by atoms with E-state index in [0.717, 1.165) is 0 Å². The van der Waals surface area contributed by atoms with Crippen molar-refractivity contribution in [3.05, 3.63) is 63.2 Å². The Hall–Kier alpha value is -5.38. The number of likely N-dealkylation sites (N-methyl/N-ethyl adjacent to an activating group) is 2. The quantitative estimate of drug-likeness (QED) is 0.0408. The van der Waals surface area contributed by atoms with E-state index in [-0.39, 0.29) is 57.3 Å². The fraction of sp³-hybridized carbons (Fsp3) is 0.487. The Kier molecular flexibility index (Phi) is 16.7. The van der Waals surface area contributed by atoms with Crippen LogP contribution in [-0.4, -0.2) is 139 Å². The molecule has 21 heteroatoms. The van der Waals surface area contributed by atoms with Gasteiger partial charge in [-0.05, 0) is 36.8 Å².